The van der Waals surface area contributed by atoms with Crippen molar-refractivity contribution in [1.82, 2.24) is 10.3 Å². The lowest BCUT2D eigenvalue weighted by Crippen LogP contribution is -2.31. The maximum Gasteiger partial charge on any atom is 0.325 e. The summed E-state index contributed by atoms with van der Waals surface area (Å²) >= 11 is 3.26. The van der Waals surface area contributed by atoms with Gasteiger partial charge in [0.1, 0.15) is 6.54 Å². The molecule has 0 aliphatic rings. The van der Waals surface area contributed by atoms with E-state index < -0.39 is 11.9 Å². The lowest BCUT2D eigenvalue weighted by atomic mass is 10.2. The molecule has 6 nitrogen and oxygen atoms in total. The minimum atomic E-state index is -0.678. The zero-order valence-electron chi connectivity index (χ0n) is 11.5. The fourth-order valence-electron chi connectivity index (χ4n) is 1.66. The molecule has 0 spiro atoms. The number of ether oxygens (including phenoxy) is 1. The number of hydrogen-bond acceptors (Lipinski definition) is 4. The maximum absolute atomic E-state index is 11.8. The van der Waals surface area contributed by atoms with E-state index in [1.54, 1.807) is 42.6 Å². The summed E-state index contributed by atoms with van der Waals surface area (Å²) in [4.78, 5) is 37.7. The molecular formula is C15H13BrN2O4. The van der Waals surface area contributed by atoms with Crippen molar-refractivity contribution in [2.75, 3.05) is 13.2 Å². The Balaban J connectivity index is 1.76. The van der Waals surface area contributed by atoms with Gasteiger partial charge in [-0.05, 0) is 30.3 Å². The molecular weight excluding hydrogens is 352 g/mol. The average Bonchev–Trinajstić information content (AvgIpc) is 3.04. The summed E-state index contributed by atoms with van der Waals surface area (Å²) < 4.78 is 5.57. The normalized spacial score (nSPS) is 10.0. The Kier molecular flexibility index (Phi) is 5.48. The van der Waals surface area contributed by atoms with Gasteiger partial charge in [0.25, 0.3) is 5.91 Å². The predicted molar refractivity (Wildman–Crippen MR) is 82.6 cm³/mol. The Morgan fingerprint density at radius 1 is 1.18 bits per heavy atom. The highest BCUT2D eigenvalue weighted by atomic mass is 79.9. The van der Waals surface area contributed by atoms with Gasteiger partial charge in [-0.15, -0.1) is 0 Å². The fourth-order valence-corrected chi connectivity index (χ4v) is 2.06. The molecule has 7 heteroatoms. The first kappa shape index (κ1) is 16.0. The van der Waals surface area contributed by atoms with E-state index in [1.807, 2.05) is 0 Å². The smallest absolute Gasteiger partial charge is 0.325 e. The molecule has 1 amide bonds. The number of carbonyl (C=O) groups is 3. The molecule has 0 fully saturated rings. The highest BCUT2D eigenvalue weighted by Gasteiger charge is 2.12. The third-order valence-electron chi connectivity index (χ3n) is 2.74. The number of Topliss-reactive ketones (excluding diaryl/α,β-unsaturated/α-hetero) is 1. The highest BCUT2D eigenvalue weighted by molar-refractivity contribution is 9.10. The first-order valence-corrected chi connectivity index (χ1v) is 7.21. The summed E-state index contributed by atoms with van der Waals surface area (Å²) in [6.45, 7) is -0.671. The van der Waals surface area contributed by atoms with E-state index in [0.29, 0.717) is 11.3 Å². The minimum absolute atomic E-state index is 0.302. The Morgan fingerprint density at radius 2 is 2.00 bits per heavy atom. The van der Waals surface area contributed by atoms with Crippen LogP contribution < -0.4 is 5.32 Å². The summed E-state index contributed by atoms with van der Waals surface area (Å²) in [5.41, 5.74) is 0.788. The molecule has 2 N–H and O–H groups in total. The average molecular weight is 365 g/mol. The SMILES string of the molecule is O=C(CNC(=O)c1cccc(Br)c1)OCC(=O)c1ccc[nH]1. The van der Waals surface area contributed by atoms with E-state index in [0.717, 1.165) is 4.47 Å². The van der Waals surface area contributed by atoms with Gasteiger partial charge in [-0.25, -0.2) is 0 Å². The zero-order valence-corrected chi connectivity index (χ0v) is 13.1. The van der Waals surface area contributed by atoms with E-state index in [9.17, 15) is 14.4 Å². The van der Waals surface area contributed by atoms with Crippen LogP contribution in [0.1, 0.15) is 20.8 Å². The molecule has 22 heavy (non-hydrogen) atoms. The molecule has 0 radical (unpaired) electrons. The third-order valence-corrected chi connectivity index (χ3v) is 3.24. The second kappa shape index (κ2) is 7.56. The minimum Gasteiger partial charge on any atom is -0.456 e. The van der Waals surface area contributed by atoms with Gasteiger partial charge >= 0.3 is 5.97 Å². The second-order valence-corrected chi connectivity index (χ2v) is 5.28. The number of esters is 1. The molecule has 2 rings (SSSR count). The lowest BCUT2D eigenvalue weighted by molar-refractivity contribution is -0.141. The third kappa shape index (κ3) is 4.56. The summed E-state index contributed by atoms with van der Waals surface area (Å²) in [6, 6.07) is 10.0. The van der Waals surface area contributed by atoms with E-state index in [-0.39, 0.29) is 18.9 Å². The molecule has 0 aliphatic carbocycles. The predicted octanol–water partition coefficient (Wildman–Crippen LogP) is 1.93. The van der Waals surface area contributed by atoms with Crippen molar-refractivity contribution in [3.8, 4) is 0 Å². The van der Waals surface area contributed by atoms with Crippen LogP contribution in [-0.4, -0.2) is 35.8 Å². The molecule has 114 valence electrons. The number of nitrogens with one attached hydrogen (secondary N) is 2. The number of halogens is 1. The Labute approximate surface area is 135 Å². The standard InChI is InChI=1S/C15H13BrN2O4/c16-11-4-1-3-10(7-11)15(21)18-8-14(20)22-9-13(19)12-5-2-6-17-12/h1-7,17H,8-9H2,(H,18,21). The number of carbonyl (C=O) groups excluding carboxylic acids is 3. The largest absolute Gasteiger partial charge is 0.456 e. The van der Waals surface area contributed by atoms with Crippen molar-refractivity contribution in [2.24, 2.45) is 0 Å². The van der Waals surface area contributed by atoms with E-state index in [2.05, 4.69) is 26.2 Å². The molecule has 0 atom stereocenters. The summed E-state index contributed by atoms with van der Waals surface area (Å²) in [7, 11) is 0. The number of aromatic nitrogens is 1. The van der Waals surface area contributed by atoms with Crippen LogP contribution in [0.25, 0.3) is 0 Å². The van der Waals surface area contributed by atoms with Crippen molar-refractivity contribution in [3.05, 3.63) is 58.3 Å². The Morgan fingerprint density at radius 3 is 2.68 bits per heavy atom. The molecule has 0 saturated carbocycles. The molecule has 0 aliphatic heterocycles. The van der Waals surface area contributed by atoms with E-state index >= 15 is 0 Å². The fraction of sp³-hybridized carbons (Fsp3) is 0.133. The number of benzene rings is 1. The number of hydrogen-bond donors (Lipinski definition) is 2. The Hall–Kier alpha value is -2.41. The van der Waals surface area contributed by atoms with Gasteiger partial charge in [0.15, 0.2) is 6.61 Å². The topological polar surface area (TPSA) is 88.3 Å². The second-order valence-electron chi connectivity index (χ2n) is 4.36. The van der Waals surface area contributed by atoms with Crippen LogP contribution in [0.4, 0.5) is 0 Å². The van der Waals surface area contributed by atoms with Gasteiger partial charge < -0.3 is 15.0 Å². The van der Waals surface area contributed by atoms with Crippen LogP contribution in [0.5, 0.6) is 0 Å². The number of aromatic amines is 1. The summed E-state index contributed by atoms with van der Waals surface area (Å²) in [6.07, 6.45) is 1.60. The van der Waals surface area contributed by atoms with Gasteiger partial charge in [-0.2, -0.15) is 0 Å². The van der Waals surface area contributed by atoms with Crippen LogP contribution in [0.2, 0.25) is 0 Å². The van der Waals surface area contributed by atoms with E-state index in [4.69, 9.17) is 4.74 Å². The zero-order chi connectivity index (χ0) is 15.9. The molecule has 1 aromatic heterocycles. The monoisotopic (exact) mass is 364 g/mol. The lowest BCUT2D eigenvalue weighted by Gasteiger charge is -2.06. The van der Waals surface area contributed by atoms with Crippen molar-refractivity contribution in [2.45, 2.75) is 0 Å². The number of amides is 1. The quantitative estimate of drug-likeness (QED) is 0.605. The van der Waals surface area contributed by atoms with Crippen molar-refractivity contribution in [3.63, 3.8) is 0 Å². The van der Waals surface area contributed by atoms with Crippen LogP contribution in [-0.2, 0) is 9.53 Å². The highest BCUT2D eigenvalue weighted by Crippen LogP contribution is 2.11. The first-order chi connectivity index (χ1) is 10.6. The maximum atomic E-state index is 11.8. The molecule has 0 unspecified atom stereocenters. The van der Waals surface area contributed by atoms with Crippen LogP contribution >= 0.6 is 15.9 Å². The first-order valence-electron chi connectivity index (χ1n) is 6.42. The van der Waals surface area contributed by atoms with Gasteiger partial charge in [0, 0.05) is 16.2 Å². The van der Waals surface area contributed by atoms with Crippen molar-refractivity contribution in [1.29, 1.82) is 0 Å². The van der Waals surface area contributed by atoms with Gasteiger partial charge in [-0.1, -0.05) is 22.0 Å². The number of ketones is 1. The van der Waals surface area contributed by atoms with Crippen molar-refractivity contribution < 1.29 is 19.1 Å². The van der Waals surface area contributed by atoms with Crippen LogP contribution in [0.3, 0.4) is 0 Å². The molecule has 0 saturated heterocycles. The Bertz CT molecular complexity index is 683. The molecule has 1 heterocycles. The molecule has 1 aromatic carbocycles. The van der Waals surface area contributed by atoms with E-state index in [1.165, 1.54) is 0 Å². The van der Waals surface area contributed by atoms with Crippen LogP contribution in [0.15, 0.2) is 47.1 Å². The summed E-state index contributed by atoms with van der Waals surface area (Å²) in [5, 5.41) is 2.43. The molecule has 0 bridgehead atoms. The number of rotatable bonds is 6. The molecule has 2 aromatic rings. The van der Waals surface area contributed by atoms with Gasteiger partial charge in [0.2, 0.25) is 5.78 Å². The summed E-state index contributed by atoms with van der Waals surface area (Å²) in [5.74, 6) is -1.41. The van der Waals surface area contributed by atoms with Crippen molar-refractivity contribution >= 4 is 33.6 Å². The van der Waals surface area contributed by atoms with Gasteiger partial charge in [0.05, 0.1) is 5.69 Å². The van der Waals surface area contributed by atoms with Gasteiger partial charge in [-0.3, -0.25) is 14.4 Å². The van der Waals surface area contributed by atoms with Crippen LogP contribution in [0, 0.1) is 0 Å². The number of H-pyrrole nitrogens is 1.